The fourth-order valence-electron chi connectivity index (χ4n) is 4.79. The molecule has 122 valence electrons. The number of ether oxygens (including phenoxy) is 1. The predicted octanol–water partition coefficient (Wildman–Crippen LogP) is 2.76. The van der Waals surface area contributed by atoms with Crippen molar-refractivity contribution in [3.05, 3.63) is 0 Å². The molecule has 2 saturated heterocycles. The van der Waals surface area contributed by atoms with Gasteiger partial charge in [-0.05, 0) is 50.0 Å². The first kappa shape index (κ1) is 15.8. The number of nitrogens with one attached hydrogen (secondary N) is 1. The van der Waals surface area contributed by atoms with Crippen LogP contribution in [0.3, 0.4) is 0 Å². The number of rotatable bonds is 6. The van der Waals surface area contributed by atoms with Gasteiger partial charge in [0.15, 0.2) is 0 Å². The average molecular weight is 294 g/mol. The van der Waals surface area contributed by atoms with Crippen molar-refractivity contribution in [3.63, 3.8) is 0 Å². The van der Waals surface area contributed by atoms with Gasteiger partial charge in [0.05, 0.1) is 6.61 Å². The molecule has 3 aliphatic rings. The SMILES string of the molecule is CC(C)CNCC1(CN2CC3CCCC3C2)CCCOC1. The van der Waals surface area contributed by atoms with Crippen LogP contribution < -0.4 is 5.32 Å². The van der Waals surface area contributed by atoms with Gasteiger partial charge in [-0.2, -0.15) is 0 Å². The largest absolute Gasteiger partial charge is 0.381 e. The molecule has 0 spiro atoms. The Morgan fingerprint density at radius 1 is 1.19 bits per heavy atom. The van der Waals surface area contributed by atoms with Crippen molar-refractivity contribution in [2.24, 2.45) is 23.2 Å². The van der Waals surface area contributed by atoms with Crippen LogP contribution in [-0.2, 0) is 4.74 Å². The molecular weight excluding hydrogens is 260 g/mol. The van der Waals surface area contributed by atoms with Crippen LogP contribution >= 0.6 is 0 Å². The first-order valence-electron chi connectivity index (χ1n) is 9.18. The van der Waals surface area contributed by atoms with Crippen LogP contribution in [-0.4, -0.2) is 50.8 Å². The zero-order chi connectivity index (χ0) is 14.7. The zero-order valence-electron chi connectivity index (χ0n) is 14.1. The minimum absolute atomic E-state index is 0.367. The molecule has 1 saturated carbocycles. The van der Waals surface area contributed by atoms with E-state index in [9.17, 15) is 0 Å². The molecule has 3 fully saturated rings. The van der Waals surface area contributed by atoms with Gasteiger partial charge in [0, 0.05) is 38.2 Å². The smallest absolute Gasteiger partial charge is 0.0546 e. The molecule has 0 aromatic heterocycles. The Balaban J connectivity index is 1.54. The molecule has 0 bridgehead atoms. The van der Waals surface area contributed by atoms with Crippen LogP contribution in [0.1, 0.15) is 46.0 Å². The molecule has 2 heterocycles. The van der Waals surface area contributed by atoms with Crippen LogP contribution in [0.5, 0.6) is 0 Å². The number of hydrogen-bond acceptors (Lipinski definition) is 3. The van der Waals surface area contributed by atoms with Crippen molar-refractivity contribution in [2.45, 2.75) is 46.0 Å². The molecule has 0 aromatic carbocycles. The van der Waals surface area contributed by atoms with E-state index in [4.69, 9.17) is 4.74 Å². The summed E-state index contributed by atoms with van der Waals surface area (Å²) in [6.45, 7) is 12.8. The fraction of sp³-hybridized carbons (Fsp3) is 1.00. The lowest BCUT2D eigenvalue weighted by Crippen LogP contribution is -2.49. The van der Waals surface area contributed by atoms with Gasteiger partial charge in [-0.25, -0.2) is 0 Å². The molecule has 3 heteroatoms. The molecule has 3 nitrogen and oxygen atoms in total. The second-order valence-electron chi connectivity index (χ2n) is 8.33. The Morgan fingerprint density at radius 3 is 2.57 bits per heavy atom. The Hall–Kier alpha value is -0.120. The molecule has 3 atom stereocenters. The molecule has 0 aromatic rings. The maximum atomic E-state index is 5.88. The fourth-order valence-corrected chi connectivity index (χ4v) is 4.79. The van der Waals surface area contributed by atoms with E-state index < -0.39 is 0 Å². The molecule has 0 radical (unpaired) electrons. The second kappa shape index (κ2) is 6.97. The van der Waals surface area contributed by atoms with E-state index in [1.54, 1.807) is 0 Å². The van der Waals surface area contributed by atoms with Crippen molar-refractivity contribution < 1.29 is 4.74 Å². The van der Waals surface area contributed by atoms with Gasteiger partial charge in [-0.15, -0.1) is 0 Å². The lowest BCUT2D eigenvalue weighted by molar-refractivity contribution is -0.0242. The molecule has 21 heavy (non-hydrogen) atoms. The summed E-state index contributed by atoms with van der Waals surface area (Å²) in [6.07, 6.45) is 7.02. The van der Waals surface area contributed by atoms with E-state index in [0.717, 1.165) is 44.1 Å². The Bertz CT molecular complexity index is 313. The van der Waals surface area contributed by atoms with Gasteiger partial charge in [0.25, 0.3) is 0 Å². The number of hydrogen-bond donors (Lipinski definition) is 1. The Kier molecular flexibility index (Phi) is 5.23. The van der Waals surface area contributed by atoms with Gasteiger partial charge in [-0.1, -0.05) is 20.3 Å². The molecule has 2 aliphatic heterocycles. The molecule has 3 rings (SSSR count). The van der Waals surface area contributed by atoms with Crippen molar-refractivity contribution in [1.82, 2.24) is 10.2 Å². The zero-order valence-corrected chi connectivity index (χ0v) is 14.1. The average Bonchev–Trinajstić information content (AvgIpc) is 3.00. The lowest BCUT2D eigenvalue weighted by atomic mass is 9.81. The molecule has 1 aliphatic carbocycles. The monoisotopic (exact) mass is 294 g/mol. The Morgan fingerprint density at radius 2 is 1.95 bits per heavy atom. The lowest BCUT2D eigenvalue weighted by Gasteiger charge is -2.40. The minimum atomic E-state index is 0.367. The third-order valence-corrected chi connectivity index (χ3v) is 5.82. The highest BCUT2D eigenvalue weighted by molar-refractivity contribution is 4.94. The van der Waals surface area contributed by atoms with Gasteiger partial charge in [0.2, 0.25) is 0 Å². The molecule has 0 amide bonds. The third-order valence-electron chi connectivity index (χ3n) is 5.82. The maximum Gasteiger partial charge on any atom is 0.0546 e. The van der Waals surface area contributed by atoms with Crippen LogP contribution in [0.25, 0.3) is 0 Å². The summed E-state index contributed by atoms with van der Waals surface area (Å²) in [4.78, 5) is 2.76. The summed E-state index contributed by atoms with van der Waals surface area (Å²) >= 11 is 0. The van der Waals surface area contributed by atoms with Crippen LogP contribution in [0.2, 0.25) is 0 Å². The standard InChI is InChI=1S/C18H34N2O/c1-15(2)9-19-12-18(7-4-8-21-14-18)13-20-10-16-5-3-6-17(16)11-20/h15-17,19H,3-14H2,1-2H3. The molecular formula is C18H34N2O. The Labute approximate surface area is 130 Å². The highest BCUT2D eigenvalue weighted by atomic mass is 16.5. The molecule has 3 unspecified atom stereocenters. The summed E-state index contributed by atoms with van der Waals surface area (Å²) < 4.78 is 5.88. The first-order chi connectivity index (χ1) is 10.2. The van der Waals surface area contributed by atoms with E-state index in [0.29, 0.717) is 5.41 Å². The van der Waals surface area contributed by atoms with E-state index in [1.807, 2.05) is 0 Å². The van der Waals surface area contributed by atoms with Crippen molar-refractivity contribution in [1.29, 1.82) is 0 Å². The van der Waals surface area contributed by atoms with Crippen molar-refractivity contribution >= 4 is 0 Å². The van der Waals surface area contributed by atoms with Crippen LogP contribution in [0.4, 0.5) is 0 Å². The number of likely N-dealkylation sites (tertiary alicyclic amines) is 1. The van der Waals surface area contributed by atoms with E-state index >= 15 is 0 Å². The van der Waals surface area contributed by atoms with Gasteiger partial charge in [-0.3, -0.25) is 0 Å². The highest BCUT2D eigenvalue weighted by Crippen LogP contribution is 2.39. The van der Waals surface area contributed by atoms with Gasteiger partial charge >= 0.3 is 0 Å². The quantitative estimate of drug-likeness (QED) is 0.815. The van der Waals surface area contributed by atoms with Gasteiger partial charge < -0.3 is 15.0 Å². The topological polar surface area (TPSA) is 24.5 Å². The van der Waals surface area contributed by atoms with Crippen molar-refractivity contribution in [3.8, 4) is 0 Å². The number of fused-ring (bicyclic) bond motifs is 1. The summed E-state index contributed by atoms with van der Waals surface area (Å²) in [6, 6.07) is 0. The predicted molar refractivity (Wildman–Crippen MR) is 87.5 cm³/mol. The van der Waals surface area contributed by atoms with Crippen molar-refractivity contribution in [2.75, 3.05) is 45.9 Å². The second-order valence-corrected chi connectivity index (χ2v) is 8.33. The van der Waals surface area contributed by atoms with Gasteiger partial charge in [0.1, 0.15) is 0 Å². The summed E-state index contributed by atoms with van der Waals surface area (Å²) in [5.74, 6) is 2.75. The minimum Gasteiger partial charge on any atom is -0.381 e. The van der Waals surface area contributed by atoms with E-state index in [1.165, 1.54) is 51.7 Å². The summed E-state index contributed by atoms with van der Waals surface area (Å²) in [5, 5.41) is 3.71. The summed E-state index contributed by atoms with van der Waals surface area (Å²) in [5.41, 5.74) is 0.367. The van der Waals surface area contributed by atoms with Crippen LogP contribution in [0.15, 0.2) is 0 Å². The first-order valence-corrected chi connectivity index (χ1v) is 9.18. The normalized spacial score (nSPS) is 37.3. The van der Waals surface area contributed by atoms with Crippen LogP contribution in [0, 0.1) is 23.2 Å². The third kappa shape index (κ3) is 4.00. The maximum absolute atomic E-state index is 5.88. The summed E-state index contributed by atoms with van der Waals surface area (Å²) in [7, 11) is 0. The highest BCUT2D eigenvalue weighted by Gasteiger charge is 2.41. The van der Waals surface area contributed by atoms with E-state index in [2.05, 4.69) is 24.1 Å². The molecule has 1 N–H and O–H groups in total. The van der Waals surface area contributed by atoms with E-state index in [-0.39, 0.29) is 0 Å². The number of nitrogens with zero attached hydrogens (tertiary/aromatic N) is 1.